The number of nitrogens with one attached hydrogen (secondary N) is 1. The van der Waals surface area contributed by atoms with Gasteiger partial charge in [0.25, 0.3) is 0 Å². The van der Waals surface area contributed by atoms with Crippen molar-refractivity contribution < 1.29 is 10.1 Å². The van der Waals surface area contributed by atoms with Gasteiger partial charge in [-0.25, -0.2) is 0 Å². The molecule has 0 heterocycles. The predicted octanol–water partition coefficient (Wildman–Crippen LogP) is -0.377. The average Bonchev–Trinajstić information content (AvgIpc) is 2.34. The molecule has 1 aliphatic carbocycles. The van der Waals surface area contributed by atoms with E-state index in [4.69, 9.17) is 10.1 Å². The zero-order chi connectivity index (χ0) is 8.27. The molecule has 3 N–H and O–H groups in total. The summed E-state index contributed by atoms with van der Waals surface area (Å²) < 4.78 is 0. The Kier molecular flexibility index (Phi) is 3.11. The molecule has 1 aliphatic rings. The van der Waals surface area contributed by atoms with E-state index in [0.717, 1.165) is 6.42 Å². The van der Waals surface area contributed by atoms with Gasteiger partial charge in [-0.2, -0.15) is 0 Å². The molecule has 0 aromatic carbocycles. The normalized spacial score (nSPS) is 29.4. The maximum atomic E-state index is 8.96. The first-order valence-electron chi connectivity index (χ1n) is 3.95. The standard InChI is InChI=1S/C7H14BNO2/c1-8(11)9-7-3-2-6(4-7)5-10/h2-3,6-7,9-11H,4-5H2,1H3/t6-,7+/m0/s1. The topological polar surface area (TPSA) is 52.5 Å². The van der Waals surface area contributed by atoms with Crippen LogP contribution in [-0.2, 0) is 0 Å². The second-order valence-electron chi connectivity index (χ2n) is 3.01. The maximum absolute atomic E-state index is 8.96. The molecule has 62 valence electrons. The van der Waals surface area contributed by atoms with Gasteiger partial charge in [-0.1, -0.05) is 12.2 Å². The molecule has 2 atom stereocenters. The highest BCUT2D eigenvalue weighted by Gasteiger charge is 2.19. The monoisotopic (exact) mass is 155 g/mol. The Balaban J connectivity index is 2.26. The Labute approximate surface area is 67.3 Å². The molecule has 1 rings (SSSR count). The molecule has 0 amide bonds. The molecule has 0 aliphatic heterocycles. The van der Waals surface area contributed by atoms with Crippen LogP contribution >= 0.6 is 0 Å². The fraction of sp³-hybridized carbons (Fsp3) is 0.714. The van der Waals surface area contributed by atoms with Gasteiger partial charge in [-0.15, -0.1) is 0 Å². The smallest absolute Gasteiger partial charge is 0.374 e. The molecule has 0 bridgehead atoms. The first kappa shape index (κ1) is 8.78. The third-order valence-corrected chi connectivity index (χ3v) is 1.86. The highest BCUT2D eigenvalue weighted by Crippen LogP contribution is 2.16. The summed E-state index contributed by atoms with van der Waals surface area (Å²) in [5.74, 6) is 0.270. The number of hydrogen-bond donors (Lipinski definition) is 3. The minimum Gasteiger partial charge on any atom is -0.437 e. The third-order valence-electron chi connectivity index (χ3n) is 1.86. The molecular weight excluding hydrogens is 141 g/mol. The van der Waals surface area contributed by atoms with Crippen molar-refractivity contribution in [3.63, 3.8) is 0 Å². The van der Waals surface area contributed by atoms with E-state index >= 15 is 0 Å². The summed E-state index contributed by atoms with van der Waals surface area (Å²) >= 11 is 0. The fourth-order valence-electron chi connectivity index (χ4n) is 1.34. The second-order valence-corrected chi connectivity index (χ2v) is 3.01. The number of hydrogen-bond acceptors (Lipinski definition) is 3. The van der Waals surface area contributed by atoms with Crippen molar-refractivity contribution in [1.82, 2.24) is 5.23 Å². The van der Waals surface area contributed by atoms with Crippen LogP contribution in [0, 0.1) is 5.92 Å². The van der Waals surface area contributed by atoms with Crippen LogP contribution in [0.25, 0.3) is 0 Å². The van der Waals surface area contributed by atoms with Gasteiger partial charge in [0.05, 0.1) is 0 Å². The van der Waals surface area contributed by atoms with Crippen LogP contribution in [0.1, 0.15) is 6.42 Å². The molecule has 0 spiro atoms. The Morgan fingerprint density at radius 2 is 2.36 bits per heavy atom. The van der Waals surface area contributed by atoms with Gasteiger partial charge in [0, 0.05) is 18.6 Å². The molecule has 0 unspecified atom stereocenters. The molecule has 3 nitrogen and oxygen atoms in total. The van der Waals surface area contributed by atoms with E-state index in [1.54, 1.807) is 6.82 Å². The Bertz CT molecular complexity index is 149. The van der Waals surface area contributed by atoms with Gasteiger partial charge in [-0.05, 0) is 13.2 Å². The van der Waals surface area contributed by atoms with Crippen molar-refractivity contribution in [3.05, 3.63) is 12.2 Å². The van der Waals surface area contributed by atoms with E-state index in [1.807, 2.05) is 12.2 Å². The van der Waals surface area contributed by atoms with E-state index in [2.05, 4.69) is 5.23 Å². The zero-order valence-electron chi connectivity index (χ0n) is 6.70. The van der Waals surface area contributed by atoms with Gasteiger partial charge in [0.2, 0.25) is 0 Å². The summed E-state index contributed by atoms with van der Waals surface area (Å²) in [6.07, 6.45) is 4.87. The lowest BCUT2D eigenvalue weighted by molar-refractivity contribution is 0.247. The number of aliphatic hydroxyl groups is 1. The van der Waals surface area contributed by atoms with Crippen molar-refractivity contribution in [2.24, 2.45) is 5.92 Å². The van der Waals surface area contributed by atoms with Crippen LogP contribution in [-0.4, -0.2) is 29.8 Å². The minimum atomic E-state index is -0.470. The van der Waals surface area contributed by atoms with E-state index in [0.29, 0.717) is 0 Å². The van der Waals surface area contributed by atoms with E-state index in [-0.39, 0.29) is 18.6 Å². The van der Waals surface area contributed by atoms with Crippen LogP contribution in [0.4, 0.5) is 0 Å². The SMILES string of the molecule is CB(O)N[C@@H]1C=C[C@H](CO)C1. The molecular formula is C7H14BNO2. The first-order chi connectivity index (χ1) is 5.22. The van der Waals surface area contributed by atoms with Crippen LogP contribution in [0.5, 0.6) is 0 Å². The lowest BCUT2D eigenvalue weighted by Crippen LogP contribution is -2.38. The fourth-order valence-corrected chi connectivity index (χ4v) is 1.34. The van der Waals surface area contributed by atoms with Crippen LogP contribution in [0.2, 0.25) is 6.82 Å². The van der Waals surface area contributed by atoms with Crippen molar-refractivity contribution in [2.75, 3.05) is 6.61 Å². The summed E-state index contributed by atoms with van der Waals surface area (Å²) in [6, 6.07) is 0.229. The summed E-state index contributed by atoms with van der Waals surface area (Å²) in [4.78, 5) is 0. The molecule has 0 saturated heterocycles. The van der Waals surface area contributed by atoms with Gasteiger partial charge >= 0.3 is 7.05 Å². The van der Waals surface area contributed by atoms with E-state index in [9.17, 15) is 0 Å². The van der Waals surface area contributed by atoms with Crippen LogP contribution in [0.3, 0.4) is 0 Å². The van der Waals surface area contributed by atoms with Crippen LogP contribution < -0.4 is 5.23 Å². The average molecular weight is 155 g/mol. The first-order valence-corrected chi connectivity index (χ1v) is 3.95. The summed E-state index contributed by atoms with van der Waals surface area (Å²) in [5.41, 5.74) is 0. The van der Waals surface area contributed by atoms with Gasteiger partial charge in [-0.3, -0.25) is 0 Å². The zero-order valence-corrected chi connectivity index (χ0v) is 6.70. The van der Waals surface area contributed by atoms with Crippen molar-refractivity contribution in [2.45, 2.75) is 19.3 Å². The van der Waals surface area contributed by atoms with Crippen molar-refractivity contribution in [1.29, 1.82) is 0 Å². The lowest BCUT2D eigenvalue weighted by Gasteiger charge is -2.12. The summed E-state index contributed by atoms with van der Waals surface area (Å²) in [7, 11) is -0.470. The summed E-state index contributed by atoms with van der Waals surface area (Å²) in [5, 5.41) is 20.7. The molecule has 4 heteroatoms. The Morgan fingerprint density at radius 3 is 2.82 bits per heavy atom. The predicted molar refractivity (Wildman–Crippen MR) is 45.1 cm³/mol. The van der Waals surface area contributed by atoms with Gasteiger partial charge < -0.3 is 15.4 Å². The molecule has 0 radical (unpaired) electrons. The second kappa shape index (κ2) is 3.90. The largest absolute Gasteiger partial charge is 0.437 e. The Morgan fingerprint density at radius 1 is 1.64 bits per heavy atom. The maximum Gasteiger partial charge on any atom is 0.374 e. The van der Waals surface area contributed by atoms with Crippen molar-refractivity contribution >= 4 is 7.05 Å². The minimum absolute atomic E-state index is 0.203. The molecule has 11 heavy (non-hydrogen) atoms. The third kappa shape index (κ3) is 2.65. The van der Waals surface area contributed by atoms with Crippen molar-refractivity contribution in [3.8, 4) is 0 Å². The highest BCUT2D eigenvalue weighted by molar-refractivity contribution is 6.45. The Hall–Kier alpha value is -0.315. The van der Waals surface area contributed by atoms with E-state index in [1.165, 1.54) is 0 Å². The number of rotatable bonds is 3. The van der Waals surface area contributed by atoms with Gasteiger partial charge in [0.15, 0.2) is 0 Å². The lowest BCUT2D eigenvalue weighted by atomic mass is 9.87. The molecule has 0 saturated carbocycles. The highest BCUT2D eigenvalue weighted by atomic mass is 16.3. The van der Waals surface area contributed by atoms with Gasteiger partial charge in [0.1, 0.15) is 0 Å². The van der Waals surface area contributed by atoms with Crippen LogP contribution in [0.15, 0.2) is 12.2 Å². The molecule has 0 aromatic heterocycles. The quantitative estimate of drug-likeness (QED) is 0.384. The molecule has 0 fully saturated rings. The summed E-state index contributed by atoms with van der Waals surface area (Å²) in [6.45, 7) is 1.90. The van der Waals surface area contributed by atoms with E-state index < -0.39 is 7.05 Å². The number of aliphatic hydroxyl groups excluding tert-OH is 1. The molecule has 0 aromatic rings.